The number of thiazole rings is 1. The number of aromatic nitrogens is 1. The van der Waals surface area contributed by atoms with Crippen molar-refractivity contribution in [3.05, 3.63) is 45.9 Å². The highest BCUT2D eigenvalue weighted by Crippen LogP contribution is 2.26. The van der Waals surface area contributed by atoms with E-state index in [9.17, 15) is 0 Å². The molecule has 0 aliphatic heterocycles. The first kappa shape index (κ1) is 12.1. The van der Waals surface area contributed by atoms with Crippen molar-refractivity contribution in [1.82, 2.24) is 4.98 Å². The third kappa shape index (κ3) is 2.65. The van der Waals surface area contributed by atoms with Gasteiger partial charge in [-0.1, -0.05) is 12.1 Å². The fourth-order valence-corrected chi connectivity index (χ4v) is 2.53. The summed E-state index contributed by atoms with van der Waals surface area (Å²) < 4.78 is 5.40. The summed E-state index contributed by atoms with van der Waals surface area (Å²) >= 11 is 1.60. The molecule has 1 atom stereocenters. The predicted octanol–water partition coefficient (Wildman–Crippen LogP) is 2.90. The lowest BCUT2D eigenvalue weighted by molar-refractivity contribution is 0.340. The average Bonchev–Trinajstić information content (AvgIpc) is 2.76. The van der Waals surface area contributed by atoms with Crippen LogP contribution in [0.25, 0.3) is 0 Å². The topological polar surface area (TPSA) is 48.1 Å². The van der Waals surface area contributed by atoms with Gasteiger partial charge in [0.05, 0.1) is 23.9 Å². The zero-order valence-electron chi connectivity index (χ0n) is 10.0. The number of benzene rings is 1. The van der Waals surface area contributed by atoms with E-state index < -0.39 is 0 Å². The van der Waals surface area contributed by atoms with Crippen LogP contribution in [0.1, 0.15) is 29.1 Å². The molecule has 4 heteroatoms. The zero-order valence-corrected chi connectivity index (χ0v) is 10.8. The van der Waals surface area contributed by atoms with Crippen molar-refractivity contribution in [1.29, 1.82) is 0 Å². The van der Waals surface area contributed by atoms with Crippen LogP contribution in [0.2, 0.25) is 0 Å². The number of aryl methyl sites for hydroxylation is 1. The van der Waals surface area contributed by atoms with Gasteiger partial charge in [0.1, 0.15) is 5.75 Å². The molecule has 0 spiro atoms. The highest BCUT2D eigenvalue weighted by Gasteiger charge is 2.13. The molecule has 0 fully saturated rings. The Bertz CT molecular complexity index is 478. The SMILES string of the molecule is CCOc1ccc(C(N)c2scnc2C)cc1. The van der Waals surface area contributed by atoms with Crippen LogP contribution in [0.4, 0.5) is 0 Å². The molecule has 1 heterocycles. The lowest BCUT2D eigenvalue weighted by atomic mass is 10.1. The molecule has 0 aliphatic rings. The Morgan fingerprint density at radius 1 is 1.35 bits per heavy atom. The van der Waals surface area contributed by atoms with E-state index in [0.29, 0.717) is 6.61 Å². The highest BCUT2D eigenvalue weighted by atomic mass is 32.1. The molecule has 2 aromatic rings. The summed E-state index contributed by atoms with van der Waals surface area (Å²) in [6, 6.07) is 7.83. The van der Waals surface area contributed by atoms with Crippen LogP contribution >= 0.6 is 11.3 Å². The number of nitrogens with zero attached hydrogens (tertiary/aromatic N) is 1. The number of rotatable bonds is 4. The first-order valence-corrected chi connectivity index (χ1v) is 6.48. The third-order valence-corrected chi connectivity index (χ3v) is 3.63. The molecular formula is C13H16N2OS. The molecule has 0 saturated carbocycles. The minimum atomic E-state index is -0.0989. The summed E-state index contributed by atoms with van der Waals surface area (Å²) in [7, 11) is 0. The largest absolute Gasteiger partial charge is 0.494 e. The lowest BCUT2D eigenvalue weighted by Gasteiger charge is -2.11. The molecule has 90 valence electrons. The average molecular weight is 248 g/mol. The van der Waals surface area contributed by atoms with Gasteiger partial charge in [-0.05, 0) is 31.5 Å². The van der Waals surface area contributed by atoms with Crippen molar-refractivity contribution in [3.63, 3.8) is 0 Å². The molecule has 1 unspecified atom stereocenters. The van der Waals surface area contributed by atoms with Crippen LogP contribution < -0.4 is 10.5 Å². The highest BCUT2D eigenvalue weighted by molar-refractivity contribution is 7.09. The first-order valence-electron chi connectivity index (χ1n) is 5.60. The predicted molar refractivity (Wildman–Crippen MR) is 70.5 cm³/mol. The Morgan fingerprint density at radius 3 is 2.59 bits per heavy atom. The smallest absolute Gasteiger partial charge is 0.119 e. The van der Waals surface area contributed by atoms with Gasteiger partial charge in [-0.15, -0.1) is 11.3 Å². The van der Waals surface area contributed by atoms with Crippen LogP contribution in [0.15, 0.2) is 29.8 Å². The fraction of sp³-hybridized carbons (Fsp3) is 0.308. The molecular weight excluding hydrogens is 232 g/mol. The van der Waals surface area contributed by atoms with Crippen molar-refractivity contribution in [2.75, 3.05) is 6.61 Å². The Hall–Kier alpha value is -1.39. The van der Waals surface area contributed by atoms with Crippen molar-refractivity contribution in [3.8, 4) is 5.75 Å². The molecule has 0 saturated heterocycles. The molecule has 0 amide bonds. The second-order valence-electron chi connectivity index (χ2n) is 3.78. The molecule has 1 aromatic carbocycles. The normalized spacial score (nSPS) is 12.4. The number of nitrogens with two attached hydrogens (primary N) is 1. The Kier molecular flexibility index (Phi) is 3.76. The summed E-state index contributed by atoms with van der Waals surface area (Å²) in [5, 5.41) is 0. The minimum Gasteiger partial charge on any atom is -0.494 e. The maximum Gasteiger partial charge on any atom is 0.119 e. The summed E-state index contributed by atoms with van der Waals surface area (Å²) in [4.78, 5) is 5.34. The standard InChI is InChI=1S/C13H16N2OS/c1-3-16-11-6-4-10(5-7-11)12(14)13-9(2)15-8-17-13/h4-8,12H,3,14H2,1-2H3. The maximum atomic E-state index is 6.22. The van der Waals surface area contributed by atoms with Gasteiger partial charge in [0.2, 0.25) is 0 Å². The van der Waals surface area contributed by atoms with Crippen molar-refractivity contribution in [2.24, 2.45) is 5.73 Å². The first-order chi connectivity index (χ1) is 8.22. The Morgan fingerprint density at radius 2 is 2.06 bits per heavy atom. The molecule has 2 N–H and O–H groups in total. The van der Waals surface area contributed by atoms with E-state index in [4.69, 9.17) is 10.5 Å². The van der Waals surface area contributed by atoms with Gasteiger partial charge in [0.15, 0.2) is 0 Å². The number of ether oxygens (including phenoxy) is 1. The Labute approximate surface area is 105 Å². The molecule has 0 radical (unpaired) electrons. The van der Waals surface area contributed by atoms with E-state index in [0.717, 1.165) is 21.9 Å². The quantitative estimate of drug-likeness (QED) is 0.905. The van der Waals surface area contributed by atoms with E-state index in [1.54, 1.807) is 11.3 Å². The van der Waals surface area contributed by atoms with Crippen molar-refractivity contribution < 1.29 is 4.74 Å². The zero-order chi connectivity index (χ0) is 12.3. The van der Waals surface area contributed by atoms with Gasteiger partial charge in [0, 0.05) is 4.88 Å². The fourth-order valence-electron chi connectivity index (χ4n) is 1.70. The van der Waals surface area contributed by atoms with Crippen LogP contribution in [0.5, 0.6) is 5.75 Å². The van der Waals surface area contributed by atoms with Gasteiger partial charge in [-0.2, -0.15) is 0 Å². The summed E-state index contributed by atoms with van der Waals surface area (Å²) in [6.07, 6.45) is 0. The molecule has 3 nitrogen and oxygen atoms in total. The lowest BCUT2D eigenvalue weighted by Crippen LogP contribution is -2.11. The van der Waals surface area contributed by atoms with Gasteiger partial charge in [-0.25, -0.2) is 4.98 Å². The van der Waals surface area contributed by atoms with E-state index in [1.165, 1.54) is 0 Å². The number of hydrogen-bond donors (Lipinski definition) is 1. The summed E-state index contributed by atoms with van der Waals surface area (Å²) in [6.45, 7) is 4.64. The van der Waals surface area contributed by atoms with Crippen LogP contribution in [-0.2, 0) is 0 Å². The van der Waals surface area contributed by atoms with Crippen LogP contribution in [0.3, 0.4) is 0 Å². The number of hydrogen-bond acceptors (Lipinski definition) is 4. The Balaban J connectivity index is 2.20. The second-order valence-corrected chi connectivity index (χ2v) is 4.67. The summed E-state index contributed by atoms with van der Waals surface area (Å²) in [5.41, 5.74) is 10.1. The molecule has 0 bridgehead atoms. The van der Waals surface area contributed by atoms with E-state index in [1.807, 2.05) is 43.6 Å². The van der Waals surface area contributed by atoms with Crippen LogP contribution in [0, 0.1) is 6.92 Å². The second kappa shape index (κ2) is 5.29. The van der Waals surface area contributed by atoms with Gasteiger partial charge in [0.25, 0.3) is 0 Å². The summed E-state index contributed by atoms with van der Waals surface area (Å²) in [5.74, 6) is 0.879. The molecule has 2 rings (SSSR count). The van der Waals surface area contributed by atoms with Gasteiger partial charge < -0.3 is 10.5 Å². The third-order valence-electron chi connectivity index (χ3n) is 2.62. The maximum absolute atomic E-state index is 6.22. The van der Waals surface area contributed by atoms with Crippen molar-refractivity contribution in [2.45, 2.75) is 19.9 Å². The van der Waals surface area contributed by atoms with E-state index in [2.05, 4.69) is 4.98 Å². The molecule has 1 aromatic heterocycles. The van der Waals surface area contributed by atoms with Gasteiger partial charge >= 0.3 is 0 Å². The van der Waals surface area contributed by atoms with Crippen molar-refractivity contribution >= 4 is 11.3 Å². The van der Waals surface area contributed by atoms with E-state index in [-0.39, 0.29) is 6.04 Å². The molecule has 17 heavy (non-hydrogen) atoms. The monoisotopic (exact) mass is 248 g/mol. The van der Waals surface area contributed by atoms with Gasteiger partial charge in [-0.3, -0.25) is 0 Å². The molecule has 0 aliphatic carbocycles. The van der Waals surface area contributed by atoms with E-state index >= 15 is 0 Å². The minimum absolute atomic E-state index is 0.0989. The van der Waals surface area contributed by atoms with Crippen LogP contribution in [-0.4, -0.2) is 11.6 Å².